The van der Waals surface area contributed by atoms with Gasteiger partial charge < -0.3 is 123 Å². The summed E-state index contributed by atoms with van der Waals surface area (Å²) in [6, 6.07) is -19.6. The van der Waals surface area contributed by atoms with Crippen LogP contribution in [0.15, 0.2) is 4.99 Å². The summed E-state index contributed by atoms with van der Waals surface area (Å²) in [5.41, 5.74) is 27.4. The van der Waals surface area contributed by atoms with Gasteiger partial charge >= 0.3 is 17.9 Å². The van der Waals surface area contributed by atoms with Crippen LogP contribution in [-0.4, -0.2) is 249 Å². The molecule has 13 amide bonds. The number of nitrogens with one attached hydrogen (secondary N) is 12. The second-order valence-electron chi connectivity index (χ2n) is 24.3. The summed E-state index contributed by atoms with van der Waals surface area (Å²) in [4.78, 5) is 215. The van der Waals surface area contributed by atoms with Crippen molar-refractivity contribution in [3.63, 3.8) is 0 Å². The Hall–Kier alpha value is -9.06. The molecule has 0 aliphatic rings. The predicted molar refractivity (Wildman–Crippen MR) is 354 cm³/mol. The average molecular weight is 1440 g/mol. The summed E-state index contributed by atoms with van der Waals surface area (Å²) in [5, 5.41) is 86.9. The third-order valence-electron chi connectivity index (χ3n) is 14.3. The number of carboxylic acids is 3. The molecule has 0 bridgehead atoms. The van der Waals surface area contributed by atoms with Crippen molar-refractivity contribution in [2.75, 3.05) is 38.6 Å². The van der Waals surface area contributed by atoms with Gasteiger partial charge in [0.1, 0.15) is 72.5 Å². The van der Waals surface area contributed by atoms with Crippen LogP contribution in [0.3, 0.4) is 0 Å². The molecule has 0 rings (SSSR count). The molecule has 40 nitrogen and oxygen atoms in total. The number of carbonyl (C=O) groups is 16. The maximum absolute atomic E-state index is 14.2. The van der Waals surface area contributed by atoms with Crippen molar-refractivity contribution in [1.82, 2.24) is 63.8 Å². The fourth-order valence-corrected chi connectivity index (χ4v) is 9.28. The van der Waals surface area contributed by atoms with E-state index in [4.69, 9.17) is 28.7 Å². The number of hydrogen-bond acceptors (Lipinski definition) is 23. The molecule has 0 saturated carbocycles. The van der Waals surface area contributed by atoms with E-state index >= 15 is 0 Å². The zero-order valence-corrected chi connectivity index (χ0v) is 57.4. The smallest absolute Gasteiger partial charge is 0.326 e. The van der Waals surface area contributed by atoms with Gasteiger partial charge in [-0.3, -0.25) is 76.9 Å². The maximum atomic E-state index is 14.2. The van der Waals surface area contributed by atoms with Gasteiger partial charge in [0.05, 0.1) is 32.3 Å². The molecule has 28 N–H and O–H groups in total. The van der Waals surface area contributed by atoms with Gasteiger partial charge in [0.15, 0.2) is 5.96 Å². The fourth-order valence-electron chi connectivity index (χ4n) is 9.02. The van der Waals surface area contributed by atoms with Gasteiger partial charge in [-0.2, -0.15) is 12.6 Å². The Balaban J connectivity index is 6.75. The van der Waals surface area contributed by atoms with E-state index in [1.54, 1.807) is 41.5 Å². The SMILES string of the molecule is CC(C)C[C@H](NC(=O)[C@H](CCC(N)=O)NC(=O)[C@H](CC(C)C)NC(=O)[C@H](CCCN=C(N)N)NC(=O)[C@@H](NC(=O)[C@H](CCC(=O)O)NC(=O)[C@H](CC(=O)O)NC(=O)CNC(=O)[C@H](CO)NC(=O)[C@H](CCCCN)NC(=O)[C@@H](NC(=O)[C@H](CS)NC(=O)[C@@H](N)CO)C(C)C)[C@@H](C)O)C(=O)O. The highest BCUT2D eigenvalue weighted by molar-refractivity contribution is 7.80. The zero-order valence-electron chi connectivity index (χ0n) is 56.5. The lowest BCUT2D eigenvalue weighted by Crippen LogP contribution is -2.62. The number of thiol groups is 1. The first kappa shape index (κ1) is 89.9. The van der Waals surface area contributed by atoms with Crippen molar-refractivity contribution in [3.05, 3.63) is 0 Å². The second-order valence-corrected chi connectivity index (χ2v) is 24.7. The van der Waals surface area contributed by atoms with E-state index < -0.39 is 231 Å². The summed E-state index contributed by atoms with van der Waals surface area (Å²) in [7, 11) is 0. The van der Waals surface area contributed by atoms with E-state index in [2.05, 4.69) is 76.1 Å². The van der Waals surface area contributed by atoms with Crippen LogP contribution < -0.4 is 92.5 Å². The number of amides is 13. The van der Waals surface area contributed by atoms with Gasteiger partial charge in [0.25, 0.3) is 0 Å². The maximum Gasteiger partial charge on any atom is 0.326 e. The Morgan fingerprint density at radius 3 is 1.32 bits per heavy atom. The quantitative estimate of drug-likeness (QED) is 0.0116. The number of carbonyl (C=O) groups excluding carboxylic acids is 13. The van der Waals surface area contributed by atoms with Gasteiger partial charge in [-0.25, -0.2) is 4.79 Å². The molecule has 0 aromatic carbocycles. The van der Waals surface area contributed by atoms with Gasteiger partial charge in [0.2, 0.25) is 76.8 Å². The predicted octanol–water partition coefficient (Wildman–Crippen LogP) is -9.32. The topological polar surface area (TPSA) is 681 Å². The van der Waals surface area contributed by atoms with Crippen LogP contribution in [0.2, 0.25) is 0 Å². The van der Waals surface area contributed by atoms with Crippen LogP contribution in [0, 0.1) is 17.8 Å². The molecule has 0 aromatic heterocycles. The normalized spacial score (nSPS) is 15.1. The van der Waals surface area contributed by atoms with Crippen molar-refractivity contribution in [3.8, 4) is 0 Å². The molecule has 0 saturated heterocycles. The van der Waals surface area contributed by atoms with E-state index in [1.807, 2.05) is 5.32 Å². The first-order valence-corrected chi connectivity index (χ1v) is 32.4. The minimum absolute atomic E-state index is 0.00970. The van der Waals surface area contributed by atoms with E-state index in [9.17, 15) is 107 Å². The molecule has 562 valence electrons. The third kappa shape index (κ3) is 36.4. The third-order valence-corrected chi connectivity index (χ3v) is 14.7. The van der Waals surface area contributed by atoms with Crippen molar-refractivity contribution in [2.24, 2.45) is 51.4 Å². The van der Waals surface area contributed by atoms with Gasteiger partial charge in [-0.05, 0) is 89.0 Å². The fraction of sp³-hybridized carbons (Fsp3) is 0.707. The van der Waals surface area contributed by atoms with E-state index in [1.165, 1.54) is 0 Å². The molecule has 0 unspecified atom stereocenters. The lowest BCUT2D eigenvalue weighted by Gasteiger charge is -2.29. The number of nitrogens with two attached hydrogens (primary N) is 5. The number of aliphatic imine (C=N–C) groups is 1. The minimum atomic E-state index is -2.11. The van der Waals surface area contributed by atoms with Crippen molar-refractivity contribution < 1.29 is 107 Å². The molecule has 0 fully saturated rings. The average Bonchev–Trinajstić information content (AvgIpc) is 0.867. The number of carboxylic acid groups (broad SMARTS) is 3. The highest BCUT2D eigenvalue weighted by Crippen LogP contribution is 2.13. The molecule has 0 aromatic rings. The number of aliphatic hydroxyl groups is 3. The number of aliphatic hydroxyl groups excluding tert-OH is 3. The number of aliphatic carboxylic acids is 3. The highest BCUT2D eigenvalue weighted by atomic mass is 32.1. The molecule has 0 aliphatic carbocycles. The molecular formula is C58H102N18O22S. The summed E-state index contributed by atoms with van der Waals surface area (Å²) in [6.07, 6.45) is -5.60. The lowest BCUT2D eigenvalue weighted by molar-refractivity contribution is -0.143. The Morgan fingerprint density at radius 1 is 0.444 bits per heavy atom. The molecule has 0 spiro atoms. The van der Waals surface area contributed by atoms with Gasteiger partial charge in [-0.1, -0.05) is 41.5 Å². The summed E-state index contributed by atoms with van der Waals surface area (Å²) >= 11 is 4.07. The van der Waals surface area contributed by atoms with Crippen molar-refractivity contribution in [2.45, 2.75) is 204 Å². The van der Waals surface area contributed by atoms with E-state index in [-0.39, 0.29) is 75.2 Å². The van der Waals surface area contributed by atoms with Gasteiger partial charge in [-0.15, -0.1) is 0 Å². The molecule has 13 atom stereocenters. The van der Waals surface area contributed by atoms with Crippen molar-refractivity contribution >= 4 is 113 Å². The molecule has 0 aliphatic heterocycles. The number of rotatable bonds is 50. The first-order chi connectivity index (χ1) is 46.2. The Kier molecular flexibility index (Phi) is 42.7. The van der Waals surface area contributed by atoms with E-state index in [0.717, 1.165) is 6.92 Å². The van der Waals surface area contributed by atoms with E-state index in [0.29, 0.717) is 6.42 Å². The van der Waals surface area contributed by atoms with Crippen LogP contribution in [0.4, 0.5) is 0 Å². The van der Waals surface area contributed by atoms with Crippen LogP contribution in [0.5, 0.6) is 0 Å². The standard InChI is InChI=1S/C58H102N18O22S/c1-26(2)19-35(52(92)67-33(13-15-40(61)80)50(90)72-37(57(97)98)20-27(3)4)71-48(88)32(12-10-18-64-58(62)63)70-56(96)45(29(7)79)76-51(91)34(14-16-42(82)83)68-53(93)36(21-43(84)85)66-41(81)22-65-47(87)38(24-78)73-49(89)31(11-8-9-17-59)69-55(95)44(28(5)6)75-54(94)39(25-99)74-46(86)30(60)23-77/h26-39,44-45,77-79,99H,8-25,59-60H2,1-7H3,(H2,61,80)(H,65,87)(H,66,81)(H,67,92)(H,68,93)(H,69,95)(H,70,96)(H,71,88)(H,72,90)(H,73,89)(H,74,86)(H,75,94)(H,76,91)(H,82,83)(H,84,85)(H,97,98)(H4,62,63,64)/t29-,30+,31+,32+,33+,34+,35+,36+,37+,38+,39+,44+,45+/m1/s1. The number of nitrogens with zero attached hydrogens (tertiary/aromatic N) is 1. The first-order valence-electron chi connectivity index (χ1n) is 31.8. The second kappa shape index (κ2) is 47.0. The Bertz CT molecular complexity index is 2790. The Labute approximate surface area is 576 Å². The van der Waals surface area contributed by atoms with Gasteiger partial charge in [0, 0.05) is 25.1 Å². The molecule has 99 heavy (non-hydrogen) atoms. The molecular weight excluding hydrogens is 1330 g/mol. The molecule has 0 radical (unpaired) electrons. The number of unbranched alkanes of at least 4 members (excludes halogenated alkanes) is 1. The number of primary amides is 1. The van der Waals surface area contributed by atoms with Crippen LogP contribution in [0.25, 0.3) is 0 Å². The number of hydrogen-bond donors (Lipinski definition) is 24. The monoisotopic (exact) mass is 1430 g/mol. The Morgan fingerprint density at radius 2 is 0.869 bits per heavy atom. The van der Waals surface area contributed by atoms with Crippen LogP contribution in [0.1, 0.15) is 126 Å². The number of guanidine groups is 1. The van der Waals surface area contributed by atoms with Crippen LogP contribution in [-0.2, 0) is 76.7 Å². The summed E-state index contributed by atoms with van der Waals surface area (Å²) in [5.74, 6) is -20.7. The molecule has 0 heterocycles. The van der Waals surface area contributed by atoms with Crippen molar-refractivity contribution in [1.29, 1.82) is 0 Å². The largest absolute Gasteiger partial charge is 0.481 e. The molecule has 41 heteroatoms. The zero-order chi connectivity index (χ0) is 76.0. The highest BCUT2D eigenvalue weighted by Gasteiger charge is 2.38. The minimum Gasteiger partial charge on any atom is -0.481 e. The summed E-state index contributed by atoms with van der Waals surface area (Å²) < 4.78 is 0. The van der Waals surface area contributed by atoms with Crippen LogP contribution >= 0.6 is 12.6 Å². The summed E-state index contributed by atoms with van der Waals surface area (Å²) in [6.45, 7) is 7.93. The lowest BCUT2D eigenvalue weighted by atomic mass is 10.00.